The van der Waals surface area contributed by atoms with Gasteiger partial charge in [-0.1, -0.05) is 11.3 Å². The summed E-state index contributed by atoms with van der Waals surface area (Å²) in [5.74, 6) is 0.936. The molecule has 0 saturated heterocycles. The number of rotatable bonds is 2. The second-order valence-electron chi connectivity index (χ2n) is 3.46. The van der Waals surface area contributed by atoms with Crippen LogP contribution in [0.1, 0.15) is 18.1 Å². The molecule has 0 spiro atoms. The number of aryl methyl sites for hydroxylation is 1. The molecule has 2 aromatic rings. The van der Waals surface area contributed by atoms with Gasteiger partial charge in [0.25, 0.3) is 0 Å². The zero-order chi connectivity index (χ0) is 11.0. The Morgan fingerprint density at radius 1 is 1.40 bits per heavy atom. The molecule has 0 aliphatic carbocycles. The largest absolute Gasteiger partial charge is 0.494 e. The van der Waals surface area contributed by atoms with Crippen molar-refractivity contribution in [2.45, 2.75) is 20.8 Å². The van der Waals surface area contributed by atoms with Crippen molar-refractivity contribution in [3.8, 4) is 5.75 Å². The predicted octanol–water partition coefficient (Wildman–Crippen LogP) is 2.89. The summed E-state index contributed by atoms with van der Waals surface area (Å²) in [6.45, 7) is 6.77. The van der Waals surface area contributed by atoms with E-state index in [1.165, 1.54) is 11.3 Å². The number of nitrogens with two attached hydrogens (primary N) is 1. The van der Waals surface area contributed by atoms with Crippen molar-refractivity contribution in [2.24, 2.45) is 0 Å². The van der Waals surface area contributed by atoms with Gasteiger partial charge in [-0.2, -0.15) is 0 Å². The zero-order valence-corrected chi connectivity index (χ0v) is 9.94. The van der Waals surface area contributed by atoms with E-state index in [0.717, 1.165) is 27.1 Å². The number of ether oxygens (including phenoxy) is 1. The molecule has 2 N–H and O–H groups in total. The minimum Gasteiger partial charge on any atom is -0.494 e. The summed E-state index contributed by atoms with van der Waals surface area (Å²) in [7, 11) is 0. The van der Waals surface area contributed by atoms with E-state index in [9.17, 15) is 0 Å². The average molecular weight is 222 g/mol. The molecular formula is C11H14N2OS. The number of hydrogen-bond acceptors (Lipinski definition) is 4. The van der Waals surface area contributed by atoms with Crippen molar-refractivity contribution in [3.05, 3.63) is 17.2 Å². The SMILES string of the molecule is CCOc1cc2sc(N)nc2c(C)c1C. The Kier molecular flexibility index (Phi) is 2.52. The molecule has 0 aliphatic heterocycles. The molecule has 15 heavy (non-hydrogen) atoms. The van der Waals surface area contributed by atoms with Gasteiger partial charge in [0.2, 0.25) is 0 Å². The maximum atomic E-state index is 5.70. The summed E-state index contributed by atoms with van der Waals surface area (Å²) in [6, 6.07) is 2.02. The molecule has 0 amide bonds. The molecule has 0 saturated carbocycles. The van der Waals surface area contributed by atoms with Gasteiger partial charge in [0.05, 0.1) is 16.8 Å². The van der Waals surface area contributed by atoms with E-state index in [1.807, 2.05) is 13.0 Å². The number of nitrogens with zero attached hydrogens (tertiary/aromatic N) is 1. The molecule has 1 aromatic heterocycles. The van der Waals surface area contributed by atoms with Gasteiger partial charge in [0.1, 0.15) is 5.75 Å². The standard InChI is InChI=1S/C11H14N2OS/c1-4-14-8-5-9-10(7(3)6(8)2)13-11(12)15-9/h5H,4H2,1-3H3,(H2,12,13). The van der Waals surface area contributed by atoms with Crippen molar-refractivity contribution >= 4 is 26.7 Å². The molecule has 0 atom stereocenters. The van der Waals surface area contributed by atoms with E-state index in [-0.39, 0.29) is 0 Å². The fraction of sp³-hybridized carbons (Fsp3) is 0.364. The molecule has 2 rings (SSSR count). The summed E-state index contributed by atoms with van der Waals surface area (Å²) in [6.07, 6.45) is 0. The number of benzene rings is 1. The molecule has 0 radical (unpaired) electrons. The van der Waals surface area contributed by atoms with Crippen molar-refractivity contribution in [1.82, 2.24) is 4.98 Å². The number of thiazole rings is 1. The Balaban J connectivity index is 2.70. The normalized spacial score (nSPS) is 10.9. The third kappa shape index (κ3) is 1.65. The van der Waals surface area contributed by atoms with Crippen molar-refractivity contribution in [3.63, 3.8) is 0 Å². The van der Waals surface area contributed by atoms with E-state index < -0.39 is 0 Å². The van der Waals surface area contributed by atoms with Crippen LogP contribution in [-0.4, -0.2) is 11.6 Å². The lowest BCUT2D eigenvalue weighted by molar-refractivity contribution is 0.338. The van der Waals surface area contributed by atoms with Gasteiger partial charge in [-0.3, -0.25) is 0 Å². The predicted molar refractivity (Wildman–Crippen MR) is 64.7 cm³/mol. The molecule has 80 valence electrons. The van der Waals surface area contributed by atoms with Crippen LogP contribution >= 0.6 is 11.3 Å². The minimum atomic E-state index is 0.612. The molecule has 0 fully saturated rings. The van der Waals surface area contributed by atoms with E-state index in [1.54, 1.807) is 0 Å². The summed E-state index contributed by atoms with van der Waals surface area (Å²) < 4.78 is 6.67. The number of fused-ring (bicyclic) bond motifs is 1. The summed E-state index contributed by atoms with van der Waals surface area (Å²) in [5.41, 5.74) is 9.00. The van der Waals surface area contributed by atoms with Gasteiger partial charge < -0.3 is 10.5 Å². The highest BCUT2D eigenvalue weighted by molar-refractivity contribution is 7.22. The summed E-state index contributed by atoms with van der Waals surface area (Å²) in [5, 5.41) is 0.612. The Morgan fingerprint density at radius 2 is 2.13 bits per heavy atom. The minimum absolute atomic E-state index is 0.612. The van der Waals surface area contributed by atoms with Crippen molar-refractivity contribution in [2.75, 3.05) is 12.3 Å². The molecule has 0 bridgehead atoms. The second-order valence-corrected chi connectivity index (χ2v) is 4.52. The first-order chi connectivity index (χ1) is 7.13. The molecule has 1 aromatic carbocycles. The fourth-order valence-corrected chi connectivity index (χ4v) is 2.43. The highest BCUT2D eigenvalue weighted by atomic mass is 32.1. The van der Waals surface area contributed by atoms with Crippen LogP contribution in [0.15, 0.2) is 6.07 Å². The molecule has 3 nitrogen and oxygen atoms in total. The highest BCUT2D eigenvalue weighted by Crippen LogP contribution is 2.33. The topological polar surface area (TPSA) is 48.1 Å². The Bertz CT molecular complexity index is 505. The van der Waals surface area contributed by atoms with Gasteiger partial charge in [0, 0.05) is 0 Å². The summed E-state index contributed by atoms with van der Waals surface area (Å²) in [4.78, 5) is 4.32. The average Bonchev–Trinajstić information content (AvgIpc) is 2.56. The van der Waals surface area contributed by atoms with Gasteiger partial charge in [-0.15, -0.1) is 0 Å². The van der Waals surface area contributed by atoms with Crippen LogP contribution in [-0.2, 0) is 0 Å². The Hall–Kier alpha value is -1.29. The highest BCUT2D eigenvalue weighted by Gasteiger charge is 2.11. The van der Waals surface area contributed by atoms with Gasteiger partial charge in [-0.05, 0) is 38.0 Å². The van der Waals surface area contributed by atoms with Gasteiger partial charge in [0.15, 0.2) is 5.13 Å². The molecule has 0 aliphatic rings. The Labute approximate surface area is 92.9 Å². The van der Waals surface area contributed by atoms with Gasteiger partial charge in [-0.25, -0.2) is 4.98 Å². The smallest absolute Gasteiger partial charge is 0.181 e. The third-order valence-corrected chi connectivity index (χ3v) is 3.35. The lowest BCUT2D eigenvalue weighted by Gasteiger charge is -2.09. The van der Waals surface area contributed by atoms with Crippen LogP contribution in [0, 0.1) is 13.8 Å². The number of hydrogen-bond donors (Lipinski definition) is 1. The maximum absolute atomic E-state index is 5.70. The van der Waals surface area contributed by atoms with Crippen LogP contribution in [0.3, 0.4) is 0 Å². The maximum Gasteiger partial charge on any atom is 0.181 e. The first-order valence-electron chi connectivity index (χ1n) is 4.92. The van der Waals surface area contributed by atoms with E-state index >= 15 is 0 Å². The molecule has 1 heterocycles. The van der Waals surface area contributed by atoms with Crippen LogP contribution in [0.4, 0.5) is 5.13 Å². The summed E-state index contributed by atoms with van der Waals surface area (Å²) >= 11 is 1.50. The lowest BCUT2D eigenvalue weighted by Crippen LogP contribution is -1.95. The van der Waals surface area contributed by atoms with E-state index in [2.05, 4.69) is 18.8 Å². The first-order valence-corrected chi connectivity index (χ1v) is 5.74. The molecule has 0 unspecified atom stereocenters. The Morgan fingerprint density at radius 3 is 2.80 bits per heavy atom. The zero-order valence-electron chi connectivity index (χ0n) is 9.13. The first kappa shape index (κ1) is 10.2. The quantitative estimate of drug-likeness (QED) is 0.850. The number of nitrogen functional groups attached to an aromatic ring is 1. The molecular weight excluding hydrogens is 208 g/mol. The fourth-order valence-electron chi connectivity index (χ4n) is 1.61. The van der Waals surface area contributed by atoms with Crippen molar-refractivity contribution in [1.29, 1.82) is 0 Å². The molecule has 4 heteroatoms. The number of anilines is 1. The lowest BCUT2D eigenvalue weighted by atomic mass is 10.1. The van der Waals surface area contributed by atoms with Crippen LogP contribution in [0.5, 0.6) is 5.75 Å². The van der Waals surface area contributed by atoms with Gasteiger partial charge >= 0.3 is 0 Å². The third-order valence-electron chi connectivity index (χ3n) is 2.52. The van der Waals surface area contributed by atoms with E-state index in [0.29, 0.717) is 11.7 Å². The van der Waals surface area contributed by atoms with Crippen LogP contribution in [0.2, 0.25) is 0 Å². The van der Waals surface area contributed by atoms with Crippen LogP contribution < -0.4 is 10.5 Å². The number of aromatic nitrogens is 1. The second kappa shape index (κ2) is 3.70. The van der Waals surface area contributed by atoms with Crippen LogP contribution in [0.25, 0.3) is 10.2 Å². The van der Waals surface area contributed by atoms with E-state index in [4.69, 9.17) is 10.5 Å². The monoisotopic (exact) mass is 222 g/mol. The van der Waals surface area contributed by atoms with Crippen molar-refractivity contribution < 1.29 is 4.74 Å².